The average molecular weight is 203 g/mol. The highest BCUT2D eigenvalue weighted by Gasteiger charge is 2.00. The lowest BCUT2D eigenvalue weighted by atomic mass is 10.2. The molecule has 0 saturated heterocycles. The molecular formula is C11H10FN3. The van der Waals surface area contributed by atoms with Gasteiger partial charge in [0.25, 0.3) is 0 Å². The van der Waals surface area contributed by atoms with Crippen LogP contribution in [-0.2, 0) is 6.67 Å². The van der Waals surface area contributed by atoms with E-state index < -0.39 is 6.67 Å². The predicted molar refractivity (Wildman–Crippen MR) is 56.7 cm³/mol. The maximum Gasteiger partial charge on any atom is 0.131 e. The first-order chi connectivity index (χ1) is 7.29. The van der Waals surface area contributed by atoms with Crippen LogP contribution < -0.4 is 5.73 Å². The lowest BCUT2D eigenvalue weighted by molar-refractivity contribution is 0.476. The second-order valence-electron chi connectivity index (χ2n) is 3.12. The Morgan fingerprint density at radius 1 is 1.20 bits per heavy atom. The Hall–Kier alpha value is -1.97. The Balaban J connectivity index is 2.37. The van der Waals surface area contributed by atoms with Gasteiger partial charge in [-0.1, -0.05) is 6.07 Å². The van der Waals surface area contributed by atoms with Gasteiger partial charge in [0, 0.05) is 11.8 Å². The largest absolute Gasteiger partial charge is 0.384 e. The van der Waals surface area contributed by atoms with Gasteiger partial charge in [-0.3, -0.25) is 4.98 Å². The summed E-state index contributed by atoms with van der Waals surface area (Å²) in [5.74, 6) is 0.460. The molecule has 0 aliphatic heterocycles. The minimum absolute atomic E-state index is 0.419. The average Bonchev–Trinajstić information content (AvgIpc) is 2.29. The van der Waals surface area contributed by atoms with Crippen LogP contribution in [0.15, 0.2) is 36.5 Å². The van der Waals surface area contributed by atoms with Crippen LogP contribution in [0.25, 0.3) is 11.3 Å². The molecule has 0 saturated carbocycles. The first kappa shape index (κ1) is 9.58. The highest BCUT2D eigenvalue weighted by Crippen LogP contribution is 2.17. The fraction of sp³-hybridized carbons (Fsp3) is 0.0909. The van der Waals surface area contributed by atoms with E-state index in [1.165, 1.54) is 0 Å². The number of anilines is 1. The molecule has 0 aliphatic rings. The van der Waals surface area contributed by atoms with Crippen molar-refractivity contribution in [3.63, 3.8) is 0 Å². The van der Waals surface area contributed by atoms with Gasteiger partial charge < -0.3 is 5.73 Å². The molecule has 2 N–H and O–H groups in total. The monoisotopic (exact) mass is 203 g/mol. The van der Waals surface area contributed by atoms with Crippen molar-refractivity contribution in [3.05, 3.63) is 42.2 Å². The van der Waals surface area contributed by atoms with E-state index in [-0.39, 0.29) is 0 Å². The third-order valence-electron chi connectivity index (χ3n) is 2.03. The molecule has 0 aliphatic carbocycles. The molecule has 0 atom stereocenters. The van der Waals surface area contributed by atoms with E-state index in [0.29, 0.717) is 11.5 Å². The van der Waals surface area contributed by atoms with Crippen molar-refractivity contribution in [2.24, 2.45) is 0 Å². The van der Waals surface area contributed by atoms with Crippen molar-refractivity contribution < 1.29 is 4.39 Å². The van der Waals surface area contributed by atoms with E-state index in [1.54, 1.807) is 24.4 Å². The van der Waals surface area contributed by atoms with Crippen LogP contribution in [0.3, 0.4) is 0 Å². The molecule has 2 heterocycles. The summed E-state index contributed by atoms with van der Waals surface area (Å²) in [6.45, 7) is -0.551. The highest BCUT2D eigenvalue weighted by molar-refractivity contribution is 5.59. The van der Waals surface area contributed by atoms with E-state index in [0.717, 1.165) is 11.3 Å². The Bertz CT molecular complexity index is 454. The smallest absolute Gasteiger partial charge is 0.131 e. The molecule has 0 amide bonds. The van der Waals surface area contributed by atoms with Crippen LogP contribution in [0.1, 0.15) is 5.69 Å². The predicted octanol–water partition coefficient (Wildman–Crippen LogP) is 2.20. The van der Waals surface area contributed by atoms with E-state index in [1.807, 2.05) is 12.1 Å². The van der Waals surface area contributed by atoms with Gasteiger partial charge in [0.15, 0.2) is 0 Å². The molecule has 2 aromatic heterocycles. The summed E-state index contributed by atoms with van der Waals surface area (Å²) in [5.41, 5.74) is 7.56. The molecule has 0 fully saturated rings. The number of nitrogens with zero attached hydrogens (tertiary/aromatic N) is 2. The maximum atomic E-state index is 12.2. The Morgan fingerprint density at radius 3 is 2.67 bits per heavy atom. The van der Waals surface area contributed by atoms with Gasteiger partial charge in [-0.25, -0.2) is 9.37 Å². The summed E-state index contributed by atoms with van der Waals surface area (Å²) in [4.78, 5) is 8.09. The molecule has 2 rings (SSSR count). The van der Waals surface area contributed by atoms with Crippen LogP contribution in [0, 0.1) is 0 Å². The molecule has 0 aromatic carbocycles. The van der Waals surface area contributed by atoms with Crippen LogP contribution in [-0.4, -0.2) is 9.97 Å². The minimum atomic E-state index is -0.551. The van der Waals surface area contributed by atoms with Crippen molar-refractivity contribution in [1.82, 2.24) is 9.97 Å². The van der Waals surface area contributed by atoms with Crippen molar-refractivity contribution in [3.8, 4) is 11.3 Å². The van der Waals surface area contributed by atoms with Crippen LogP contribution in [0.4, 0.5) is 10.2 Å². The number of alkyl halides is 1. The lowest BCUT2D eigenvalue weighted by Crippen LogP contribution is -1.92. The first-order valence-electron chi connectivity index (χ1n) is 4.53. The highest BCUT2D eigenvalue weighted by atomic mass is 19.1. The molecule has 76 valence electrons. The number of rotatable bonds is 2. The summed E-state index contributed by atoms with van der Waals surface area (Å²) in [5, 5.41) is 0. The normalized spacial score (nSPS) is 10.2. The number of hydrogen-bond donors (Lipinski definition) is 1. The van der Waals surface area contributed by atoms with Gasteiger partial charge in [0.05, 0.1) is 11.4 Å². The summed E-state index contributed by atoms with van der Waals surface area (Å²) in [6.07, 6.45) is 1.59. The Labute approximate surface area is 86.8 Å². The van der Waals surface area contributed by atoms with Crippen molar-refractivity contribution in [2.45, 2.75) is 6.67 Å². The van der Waals surface area contributed by atoms with Crippen LogP contribution in [0.5, 0.6) is 0 Å². The molecule has 4 heteroatoms. The second kappa shape index (κ2) is 4.04. The SMILES string of the molecule is Nc1cccc(-c2ccc(CF)nc2)n1. The summed E-state index contributed by atoms with van der Waals surface area (Å²) in [7, 11) is 0. The third-order valence-corrected chi connectivity index (χ3v) is 2.03. The zero-order valence-electron chi connectivity index (χ0n) is 8.02. The van der Waals surface area contributed by atoms with Crippen LogP contribution in [0.2, 0.25) is 0 Å². The van der Waals surface area contributed by atoms with E-state index in [9.17, 15) is 4.39 Å². The third kappa shape index (κ3) is 2.10. The molecule has 2 aromatic rings. The van der Waals surface area contributed by atoms with Gasteiger partial charge in [0.2, 0.25) is 0 Å². The number of nitrogens with two attached hydrogens (primary N) is 1. The molecule has 0 radical (unpaired) electrons. The summed E-state index contributed by atoms with van der Waals surface area (Å²) >= 11 is 0. The van der Waals surface area contributed by atoms with Gasteiger partial charge in [-0.15, -0.1) is 0 Å². The Morgan fingerprint density at radius 2 is 2.07 bits per heavy atom. The fourth-order valence-corrected chi connectivity index (χ4v) is 1.27. The number of aromatic nitrogens is 2. The van der Waals surface area contributed by atoms with Gasteiger partial charge in [-0.2, -0.15) is 0 Å². The Kier molecular flexibility index (Phi) is 2.58. The minimum Gasteiger partial charge on any atom is -0.384 e. The topological polar surface area (TPSA) is 51.8 Å². The van der Waals surface area contributed by atoms with Crippen molar-refractivity contribution in [1.29, 1.82) is 0 Å². The molecule has 3 nitrogen and oxygen atoms in total. The fourth-order valence-electron chi connectivity index (χ4n) is 1.27. The van der Waals surface area contributed by atoms with Gasteiger partial charge in [0.1, 0.15) is 12.5 Å². The molecule has 0 unspecified atom stereocenters. The summed E-state index contributed by atoms with van der Waals surface area (Å²) in [6, 6.07) is 8.79. The van der Waals surface area contributed by atoms with Gasteiger partial charge >= 0.3 is 0 Å². The van der Waals surface area contributed by atoms with E-state index in [4.69, 9.17) is 5.73 Å². The molecule has 0 spiro atoms. The number of hydrogen-bond acceptors (Lipinski definition) is 3. The zero-order valence-corrected chi connectivity index (χ0v) is 8.02. The molecule has 15 heavy (non-hydrogen) atoms. The second-order valence-corrected chi connectivity index (χ2v) is 3.12. The molecular weight excluding hydrogens is 193 g/mol. The van der Waals surface area contributed by atoms with Crippen molar-refractivity contribution in [2.75, 3.05) is 5.73 Å². The number of nitrogen functional groups attached to an aromatic ring is 1. The van der Waals surface area contributed by atoms with Gasteiger partial charge in [-0.05, 0) is 24.3 Å². The lowest BCUT2D eigenvalue weighted by Gasteiger charge is -2.01. The van der Waals surface area contributed by atoms with E-state index in [2.05, 4.69) is 9.97 Å². The van der Waals surface area contributed by atoms with Crippen LogP contribution >= 0.6 is 0 Å². The summed E-state index contributed by atoms with van der Waals surface area (Å²) < 4.78 is 12.2. The zero-order chi connectivity index (χ0) is 10.7. The van der Waals surface area contributed by atoms with Crippen molar-refractivity contribution >= 4 is 5.82 Å². The van der Waals surface area contributed by atoms with E-state index >= 15 is 0 Å². The molecule has 0 bridgehead atoms. The number of pyridine rings is 2. The standard InChI is InChI=1S/C11H10FN3/c12-6-9-5-4-8(7-14-9)10-2-1-3-11(13)15-10/h1-5,7H,6H2,(H2,13,15). The quantitative estimate of drug-likeness (QED) is 0.814. The first-order valence-corrected chi connectivity index (χ1v) is 4.53. The number of halogens is 1. The maximum absolute atomic E-state index is 12.2.